The van der Waals surface area contributed by atoms with Crippen LogP contribution in [0.15, 0.2) is 42.6 Å². The number of piperazine rings is 1. The van der Waals surface area contributed by atoms with E-state index in [-0.39, 0.29) is 11.7 Å². The van der Waals surface area contributed by atoms with Crippen LogP contribution in [0.5, 0.6) is 0 Å². The molecule has 1 fully saturated rings. The maximum Gasteiger partial charge on any atom is 0.236 e. The molecule has 39 heavy (non-hydrogen) atoms. The van der Waals surface area contributed by atoms with Crippen molar-refractivity contribution in [1.82, 2.24) is 24.4 Å². The number of fused-ring (bicyclic) bond motifs is 1. The summed E-state index contributed by atoms with van der Waals surface area (Å²) >= 11 is 1.31. The van der Waals surface area contributed by atoms with Gasteiger partial charge in [-0.25, -0.2) is 13.9 Å². The first kappa shape index (κ1) is 26.6. The smallest absolute Gasteiger partial charge is 0.236 e. The molecule has 0 spiro atoms. The Morgan fingerprint density at radius 2 is 1.85 bits per heavy atom. The van der Waals surface area contributed by atoms with Crippen molar-refractivity contribution in [2.45, 2.75) is 13.3 Å². The van der Waals surface area contributed by atoms with E-state index >= 15 is 0 Å². The fraction of sp³-hybridized carbons (Fsp3) is 0.357. The normalized spacial score (nSPS) is 14.0. The number of anilines is 3. The summed E-state index contributed by atoms with van der Waals surface area (Å²) in [5, 5.41) is 15.3. The second-order valence-electron chi connectivity index (χ2n) is 9.77. The molecule has 5 rings (SSSR count). The average Bonchev–Trinajstić information content (AvgIpc) is 3.54. The first-order valence-corrected chi connectivity index (χ1v) is 13.7. The lowest BCUT2D eigenvalue weighted by Gasteiger charge is -2.36. The zero-order valence-corrected chi connectivity index (χ0v) is 23.4. The Morgan fingerprint density at radius 1 is 1.13 bits per heavy atom. The Hall–Kier alpha value is -4.01. The average molecular weight is 547 g/mol. The highest BCUT2D eigenvalue weighted by Gasteiger charge is 2.24. The van der Waals surface area contributed by atoms with Crippen molar-refractivity contribution in [3.05, 3.63) is 59.0 Å². The quantitative estimate of drug-likeness (QED) is 0.346. The highest BCUT2D eigenvalue weighted by molar-refractivity contribution is 7.16. The van der Waals surface area contributed by atoms with Gasteiger partial charge in [0, 0.05) is 64.8 Å². The third-order valence-corrected chi connectivity index (χ3v) is 8.09. The number of carbonyl (C=O) groups excluding carboxylic acids is 1. The number of nitriles is 1. The maximum absolute atomic E-state index is 13.5. The minimum absolute atomic E-state index is 0.119. The van der Waals surface area contributed by atoms with Gasteiger partial charge in [0.25, 0.3) is 0 Å². The van der Waals surface area contributed by atoms with Gasteiger partial charge in [0.1, 0.15) is 22.5 Å². The van der Waals surface area contributed by atoms with Gasteiger partial charge < -0.3 is 14.7 Å². The van der Waals surface area contributed by atoms with E-state index < -0.39 is 0 Å². The Kier molecular flexibility index (Phi) is 7.50. The van der Waals surface area contributed by atoms with Crippen LogP contribution in [0.25, 0.3) is 16.8 Å². The molecule has 1 aliphatic rings. The SMILES string of the molecule is CCc1nn2ccc(N3CCN(CC(=O)N(C)C)CC3)cc2c1N(C)c1nc(-c2ccc(F)cc2)c(C#N)s1. The van der Waals surface area contributed by atoms with E-state index in [1.807, 2.05) is 22.7 Å². The number of nitrogens with zero attached hydrogens (tertiary/aromatic N) is 8. The predicted octanol–water partition coefficient (Wildman–Crippen LogP) is 4.01. The van der Waals surface area contributed by atoms with Crippen LogP contribution >= 0.6 is 11.3 Å². The minimum atomic E-state index is -0.331. The van der Waals surface area contributed by atoms with Crippen molar-refractivity contribution >= 4 is 39.3 Å². The van der Waals surface area contributed by atoms with E-state index in [1.165, 1.54) is 23.5 Å². The number of thiazole rings is 1. The molecule has 1 aliphatic heterocycles. The Bertz CT molecular complexity index is 1530. The van der Waals surface area contributed by atoms with Crippen molar-refractivity contribution < 1.29 is 9.18 Å². The molecular formula is C28H31FN8OS. The largest absolute Gasteiger partial charge is 0.369 e. The number of pyridine rings is 1. The standard InChI is InChI=1S/C28H31FN8OS/c1-5-22-27(34(4)28-31-26(24(17-30)39-28)19-6-8-20(29)9-7-19)23-16-21(10-11-37(23)32-22)36-14-12-35(13-15-36)18-25(38)33(2)3/h6-11,16H,5,12-15,18H2,1-4H3. The molecule has 0 aliphatic carbocycles. The van der Waals surface area contributed by atoms with Crippen molar-refractivity contribution in [2.75, 3.05) is 63.7 Å². The molecule has 1 amide bonds. The number of hydrogen-bond donors (Lipinski definition) is 0. The van der Waals surface area contributed by atoms with Crippen LogP contribution < -0.4 is 9.80 Å². The molecule has 11 heteroatoms. The summed E-state index contributed by atoms with van der Waals surface area (Å²) in [7, 11) is 5.52. The number of likely N-dealkylation sites (N-methyl/N-ethyl adjacent to an activating group) is 1. The van der Waals surface area contributed by atoms with Gasteiger partial charge in [-0.05, 0) is 42.8 Å². The monoisotopic (exact) mass is 546 g/mol. The molecule has 1 saturated heterocycles. The van der Waals surface area contributed by atoms with E-state index in [1.54, 1.807) is 31.1 Å². The molecule has 4 heterocycles. The molecule has 1 aromatic carbocycles. The number of aryl methyl sites for hydroxylation is 1. The van der Waals surface area contributed by atoms with E-state index in [9.17, 15) is 14.4 Å². The van der Waals surface area contributed by atoms with Gasteiger partial charge >= 0.3 is 0 Å². The van der Waals surface area contributed by atoms with Gasteiger partial charge in [-0.15, -0.1) is 0 Å². The minimum Gasteiger partial charge on any atom is -0.369 e. The number of rotatable bonds is 7. The Morgan fingerprint density at radius 3 is 2.49 bits per heavy atom. The topological polar surface area (TPSA) is 84.0 Å². The zero-order valence-electron chi connectivity index (χ0n) is 22.6. The lowest BCUT2D eigenvalue weighted by atomic mass is 10.1. The van der Waals surface area contributed by atoms with Crippen LogP contribution in [0.3, 0.4) is 0 Å². The fourth-order valence-corrected chi connectivity index (χ4v) is 5.65. The first-order chi connectivity index (χ1) is 18.8. The number of benzene rings is 1. The van der Waals surface area contributed by atoms with Crippen LogP contribution in [-0.2, 0) is 11.2 Å². The highest BCUT2D eigenvalue weighted by atomic mass is 32.1. The molecule has 0 bridgehead atoms. The van der Waals surface area contributed by atoms with Crippen molar-refractivity contribution in [1.29, 1.82) is 5.26 Å². The summed E-state index contributed by atoms with van der Waals surface area (Å²) < 4.78 is 15.4. The number of carbonyl (C=O) groups is 1. The molecule has 0 atom stereocenters. The van der Waals surface area contributed by atoms with Crippen LogP contribution in [0.2, 0.25) is 0 Å². The summed E-state index contributed by atoms with van der Waals surface area (Å²) in [6.07, 6.45) is 2.71. The molecular weight excluding hydrogens is 515 g/mol. The molecule has 0 radical (unpaired) electrons. The van der Waals surface area contributed by atoms with Gasteiger partial charge in [0.2, 0.25) is 5.91 Å². The summed E-state index contributed by atoms with van der Waals surface area (Å²) in [5.41, 5.74) is 5.17. The molecule has 4 aromatic rings. The summed E-state index contributed by atoms with van der Waals surface area (Å²) in [4.78, 5) is 25.5. The van der Waals surface area contributed by atoms with Gasteiger partial charge in [-0.1, -0.05) is 18.3 Å². The van der Waals surface area contributed by atoms with E-state index in [4.69, 9.17) is 10.1 Å². The fourth-order valence-electron chi connectivity index (χ4n) is 4.80. The lowest BCUT2D eigenvalue weighted by Crippen LogP contribution is -2.49. The summed E-state index contributed by atoms with van der Waals surface area (Å²) in [6.45, 7) is 5.81. The van der Waals surface area contributed by atoms with Crippen molar-refractivity contribution in [2.24, 2.45) is 0 Å². The van der Waals surface area contributed by atoms with Crippen LogP contribution in [0, 0.1) is 17.1 Å². The van der Waals surface area contributed by atoms with Crippen LogP contribution in [0.4, 0.5) is 20.9 Å². The molecule has 202 valence electrons. The number of halogens is 1. The second kappa shape index (κ2) is 11.0. The maximum atomic E-state index is 13.5. The van der Waals surface area contributed by atoms with Gasteiger partial charge in [0.15, 0.2) is 5.13 Å². The van der Waals surface area contributed by atoms with E-state index in [0.29, 0.717) is 27.8 Å². The molecule has 3 aromatic heterocycles. The summed E-state index contributed by atoms with van der Waals surface area (Å²) in [5.74, 6) is -0.212. The van der Waals surface area contributed by atoms with Crippen molar-refractivity contribution in [3.63, 3.8) is 0 Å². The van der Waals surface area contributed by atoms with Crippen molar-refractivity contribution in [3.8, 4) is 17.3 Å². The third kappa shape index (κ3) is 5.30. The van der Waals surface area contributed by atoms with Crippen LogP contribution in [0.1, 0.15) is 17.5 Å². The number of hydrogen-bond acceptors (Lipinski definition) is 8. The zero-order chi connectivity index (χ0) is 27.7. The number of aromatic nitrogens is 3. The second-order valence-corrected chi connectivity index (χ2v) is 10.7. The molecule has 0 saturated carbocycles. The van der Waals surface area contributed by atoms with E-state index in [0.717, 1.165) is 55.2 Å². The summed E-state index contributed by atoms with van der Waals surface area (Å²) in [6, 6.07) is 12.5. The third-order valence-electron chi connectivity index (χ3n) is 7.05. The molecule has 0 N–H and O–H groups in total. The predicted molar refractivity (Wildman–Crippen MR) is 152 cm³/mol. The lowest BCUT2D eigenvalue weighted by molar-refractivity contribution is -0.129. The number of amides is 1. The molecule has 0 unspecified atom stereocenters. The van der Waals surface area contributed by atoms with Gasteiger partial charge in [-0.3, -0.25) is 9.69 Å². The van der Waals surface area contributed by atoms with Gasteiger partial charge in [0.05, 0.1) is 23.4 Å². The molecule has 9 nitrogen and oxygen atoms in total. The first-order valence-electron chi connectivity index (χ1n) is 12.9. The Balaban J connectivity index is 1.44. The highest BCUT2D eigenvalue weighted by Crippen LogP contribution is 2.39. The Labute approximate surface area is 231 Å². The van der Waals surface area contributed by atoms with Gasteiger partial charge in [-0.2, -0.15) is 10.4 Å². The van der Waals surface area contributed by atoms with E-state index in [2.05, 4.69) is 34.9 Å². The van der Waals surface area contributed by atoms with Crippen LogP contribution in [-0.4, -0.2) is 84.2 Å².